The molecule has 0 amide bonds. The van der Waals surface area contributed by atoms with Gasteiger partial charge in [-0.15, -0.1) is 23.1 Å². The molecule has 132 valence electrons. The Hall–Kier alpha value is -1.28. The van der Waals surface area contributed by atoms with E-state index in [1.54, 1.807) is 17.7 Å². The van der Waals surface area contributed by atoms with Crippen LogP contribution in [0.3, 0.4) is 0 Å². The number of aliphatic hydroxyl groups is 2. The molecule has 1 unspecified atom stereocenters. The van der Waals surface area contributed by atoms with Crippen LogP contribution in [0.1, 0.15) is 43.0 Å². The zero-order valence-electron chi connectivity index (χ0n) is 14.3. The molecule has 1 aliphatic rings. The third-order valence-electron chi connectivity index (χ3n) is 4.64. The summed E-state index contributed by atoms with van der Waals surface area (Å²) >= 11 is 3.11. The first-order chi connectivity index (χ1) is 12.1. The summed E-state index contributed by atoms with van der Waals surface area (Å²) in [4.78, 5) is 15.0. The van der Waals surface area contributed by atoms with Crippen LogP contribution in [0, 0.1) is 0 Å². The Balaban J connectivity index is 1.90. The van der Waals surface area contributed by atoms with E-state index >= 15 is 0 Å². The van der Waals surface area contributed by atoms with E-state index < -0.39 is 6.10 Å². The molecule has 0 saturated heterocycles. The number of aromatic nitrogens is 3. The minimum absolute atomic E-state index is 0.236. The highest BCUT2D eigenvalue weighted by molar-refractivity contribution is 7.99. The molecule has 0 bridgehead atoms. The first-order valence-electron chi connectivity index (χ1n) is 8.60. The Morgan fingerprint density at radius 2 is 2.04 bits per heavy atom. The van der Waals surface area contributed by atoms with E-state index in [-0.39, 0.29) is 6.61 Å². The summed E-state index contributed by atoms with van der Waals surface area (Å²) in [5.41, 5.74) is 5.05. The molecule has 4 rings (SSSR count). The van der Waals surface area contributed by atoms with Crippen LogP contribution in [0.5, 0.6) is 0 Å². The molecule has 1 atom stereocenters. The van der Waals surface area contributed by atoms with Crippen LogP contribution >= 0.6 is 23.1 Å². The summed E-state index contributed by atoms with van der Waals surface area (Å²) in [6, 6.07) is 0. The molecule has 0 aliphatic heterocycles. The summed E-state index contributed by atoms with van der Waals surface area (Å²) in [7, 11) is 0. The summed E-state index contributed by atoms with van der Waals surface area (Å²) in [6.07, 6.45) is 4.25. The minimum atomic E-state index is -0.737. The van der Waals surface area contributed by atoms with Crippen molar-refractivity contribution in [1.29, 1.82) is 0 Å². The Bertz CT molecular complexity index is 939. The lowest BCUT2D eigenvalue weighted by Gasteiger charge is -2.11. The molecule has 5 nitrogen and oxygen atoms in total. The van der Waals surface area contributed by atoms with Gasteiger partial charge in [-0.05, 0) is 36.3 Å². The second kappa shape index (κ2) is 6.79. The predicted octanol–water partition coefficient (Wildman–Crippen LogP) is 3.30. The van der Waals surface area contributed by atoms with Crippen molar-refractivity contribution >= 4 is 43.5 Å². The largest absolute Gasteiger partial charge is 0.394 e. The van der Waals surface area contributed by atoms with Gasteiger partial charge < -0.3 is 10.2 Å². The first-order valence-corrected chi connectivity index (χ1v) is 10.4. The van der Waals surface area contributed by atoms with Gasteiger partial charge in [0, 0.05) is 16.8 Å². The number of pyridine rings is 1. The number of aliphatic hydroxyl groups excluding tert-OH is 2. The van der Waals surface area contributed by atoms with E-state index in [4.69, 9.17) is 10.1 Å². The standard InChI is InChI=1S/C18H21N3O2S2/c1-9(2)14-12-5-3-4-11(12)13-15-16(25-17(13)21-14)18(20-8-19-15)24-7-10(23)6-22/h8-10,22-23H,3-7H2,1-2H3. The van der Waals surface area contributed by atoms with Gasteiger partial charge in [-0.25, -0.2) is 15.0 Å². The number of hydrogen-bond acceptors (Lipinski definition) is 7. The summed E-state index contributed by atoms with van der Waals surface area (Å²) < 4.78 is 1.04. The highest BCUT2D eigenvalue weighted by Crippen LogP contribution is 2.42. The molecular weight excluding hydrogens is 354 g/mol. The monoisotopic (exact) mass is 375 g/mol. The normalized spacial score (nSPS) is 15.4. The molecule has 0 spiro atoms. The predicted molar refractivity (Wildman–Crippen MR) is 103 cm³/mol. The van der Waals surface area contributed by atoms with Crippen molar-refractivity contribution in [3.63, 3.8) is 0 Å². The van der Waals surface area contributed by atoms with Gasteiger partial charge in [-0.2, -0.15) is 0 Å². The van der Waals surface area contributed by atoms with Gasteiger partial charge in [-0.1, -0.05) is 13.8 Å². The SMILES string of the molecule is CC(C)c1nc2sc3c(SCC(O)CO)ncnc3c2c2c1CCC2. The summed E-state index contributed by atoms with van der Waals surface area (Å²) in [5.74, 6) is 0.834. The van der Waals surface area contributed by atoms with Crippen LogP contribution in [-0.4, -0.2) is 43.6 Å². The lowest BCUT2D eigenvalue weighted by Crippen LogP contribution is -2.14. The van der Waals surface area contributed by atoms with Crippen molar-refractivity contribution in [3.05, 3.63) is 23.1 Å². The Labute approximate surface area is 154 Å². The third kappa shape index (κ3) is 2.93. The van der Waals surface area contributed by atoms with Crippen LogP contribution in [0.4, 0.5) is 0 Å². The Kier molecular flexibility index (Phi) is 4.66. The summed E-state index contributed by atoms with van der Waals surface area (Å²) in [5, 5.41) is 20.7. The van der Waals surface area contributed by atoms with Gasteiger partial charge in [0.25, 0.3) is 0 Å². The van der Waals surface area contributed by atoms with E-state index in [0.717, 1.165) is 32.9 Å². The third-order valence-corrected chi connectivity index (χ3v) is 6.98. The average Bonchev–Trinajstić information content (AvgIpc) is 3.22. The number of thiophene rings is 1. The fourth-order valence-corrected chi connectivity index (χ4v) is 5.67. The van der Waals surface area contributed by atoms with Crippen molar-refractivity contribution in [2.45, 2.75) is 50.2 Å². The van der Waals surface area contributed by atoms with Crippen LogP contribution in [0.25, 0.3) is 20.4 Å². The van der Waals surface area contributed by atoms with E-state index in [0.29, 0.717) is 11.7 Å². The van der Waals surface area contributed by atoms with Crippen LogP contribution < -0.4 is 0 Å². The minimum Gasteiger partial charge on any atom is -0.394 e. The number of fused-ring (bicyclic) bond motifs is 5. The molecular formula is C18H21N3O2S2. The number of aryl methyl sites for hydroxylation is 1. The van der Waals surface area contributed by atoms with Gasteiger partial charge in [0.05, 0.1) is 22.9 Å². The molecule has 0 fully saturated rings. The van der Waals surface area contributed by atoms with Gasteiger partial charge in [0.1, 0.15) is 16.2 Å². The molecule has 3 aromatic heterocycles. The average molecular weight is 376 g/mol. The lowest BCUT2D eigenvalue weighted by atomic mass is 9.99. The fraction of sp³-hybridized carbons (Fsp3) is 0.500. The van der Waals surface area contributed by atoms with Crippen molar-refractivity contribution < 1.29 is 10.2 Å². The molecule has 1 aliphatic carbocycles. The molecule has 0 radical (unpaired) electrons. The van der Waals surface area contributed by atoms with Crippen molar-refractivity contribution in [1.82, 2.24) is 15.0 Å². The second-order valence-electron chi connectivity index (χ2n) is 6.75. The molecule has 3 heterocycles. The smallest absolute Gasteiger partial charge is 0.126 e. The van der Waals surface area contributed by atoms with Crippen LogP contribution in [-0.2, 0) is 12.8 Å². The number of rotatable bonds is 5. The van der Waals surface area contributed by atoms with Crippen LogP contribution in [0.2, 0.25) is 0 Å². The number of thioether (sulfide) groups is 1. The number of hydrogen-bond donors (Lipinski definition) is 2. The second-order valence-corrected chi connectivity index (χ2v) is 8.76. The maximum atomic E-state index is 9.63. The molecule has 0 aromatic carbocycles. The van der Waals surface area contributed by atoms with Gasteiger partial charge in [0.2, 0.25) is 0 Å². The highest BCUT2D eigenvalue weighted by Gasteiger charge is 2.25. The lowest BCUT2D eigenvalue weighted by molar-refractivity contribution is 0.113. The molecule has 25 heavy (non-hydrogen) atoms. The maximum absolute atomic E-state index is 9.63. The first kappa shape index (κ1) is 17.1. The molecule has 2 N–H and O–H groups in total. The van der Waals surface area contributed by atoms with Crippen molar-refractivity contribution in [3.8, 4) is 0 Å². The fourth-order valence-electron chi connectivity index (χ4n) is 3.51. The van der Waals surface area contributed by atoms with E-state index in [1.807, 2.05) is 0 Å². The summed E-state index contributed by atoms with van der Waals surface area (Å²) in [6.45, 7) is 4.18. The molecule has 7 heteroatoms. The zero-order valence-corrected chi connectivity index (χ0v) is 16.0. The maximum Gasteiger partial charge on any atom is 0.126 e. The topological polar surface area (TPSA) is 79.1 Å². The van der Waals surface area contributed by atoms with E-state index in [9.17, 15) is 5.11 Å². The molecule has 0 saturated carbocycles. The van der Waals surface area contributed by atoms with Crippen molar-refractivity contribution in [2.24, 2.45) is 0 Å². The molecule has 3 aromatic rings. The van der Waals surface area contributed by atoms with Gasteiger partial charge >= 0.3 is 0 Å². The van der Waals surface area contributed by atoms with Crippen molar-refractivity contribution in [2.75, 3.05) is 12.4 Å². The van der Waals surface area contributed by atoms with Gasteiger partial charge in [-0.3, -0.25) is 0 Å². The quantitative estimate of drug-likeness (QED) is 0.526. The highest BCUT2D eigenvalue weighted by atomic mass is 32.2. The van der Waals surface area contributed by atoms with E-state index in [1.165, 1.54) is 40.4 Å². The van der Waals surface area contributed by atoms with Crippen LogP contribution in [0.15, 0.2) is 11.4 Å². The van der Waals surface area contributed by atoms with E-state index in [2.05, 4.69) is 23.8 Å². The van der Waals surface area contributed by atoms with Gasteiger partial charge in [0.15, 0.2) is 0 Å². The Morgan fingerprint density at radius 3 is 2.80 bits per heavy atom. The number of nitrogens with zero attached hydrogens (tertiary/aromatic N) is 3. The zero-order chi connectivity index (χ0) is 17.6. The Morgan fingerprint density at radius 1 is 1.24 bits per heavy atom.